The number of primary amides is 1. The van der Waals surface area contributed by atoms with Gasteiger partial charge in [-0.05, 0) is 19.3 Å². The molecule has 0 aromatic rings. The Morgan fingerprint density at radius 1 is 1.26 bits per heavy atom. The standard InChI is InChI=1S/C15H25N5O6S/c16-8(7-27)13(23)18-6-12(22)20-5-1-2-10(20)14(24)19-9(15(25)26)3-4-11(17)21/h8-10,27H,1-7,16H2,(H2,17,21)(H,18,23)(H,19,24)(H,25,26). The number of aliphatic carboxylic acids is 1. The van der Waals surface area contributed by atoms with Crippen molar-refractivity contribution in [2.75, 3.05) is 18.8 Å². The summed E-state index contributed by atoms with van der Waals surface area (Å²) in [4.78, 5) is 59.7. The van der Waals surface area contributed by atoms with Gasteiger partial charge in [-0.15, -0.1) is 0 Å². The lowest BCUT2D eigenvalue weighted by molar-refractivity contribution is -0.144. The lowest BCUT2D eigenvalue weighted by atomic mass is 10.1. The van der Waals surface area contributed by atoms with Crippen LogP contribution in [0, 0.1) is 0 Å². The topological polar surface area (TPSA) is 185 Å². The molecule has 0 radical (unpaired) electrons. The zero-order chi connectivity index (χ0) is 20.6. The first kappa shape index (κ1) is 22.7. The molecule has 152 valence electrons. The molecular formula is C15H25N5O6S. The van der Waals surface area contributed by atoms with Gasteiger partial charge in [-0.1, -0.05) is 0 Å². The van der Waals surface area contributed by atoms with E-state index >= 15 is 0 Å². The third-order valence-electron chi connectivity index (χ3n) is 4.12. The van der Waals surface area contributed by atoms with Gasteiger partial charge >= 0.3 is 5.97 Å². The number of carbonyl (C=O) groups is 5. The smallest absolute Gasteiger partial charge is 0.326 e. The molecule has 7 N–H and O–H groups in total. The maximum absolute atomic E-state index is 12.4. The fraction of sp³-hybridized carbons (Fsp3) is 0.667. The average Bonchev–Trinajstić information content (AvgIpc) is 3.11. The largest absolute Gasteiger partial charge is 0.480 e. The summed E-state index contributed by atoms with van der Waals surface area (Å²) in [5, 5.41) is 13.9. The minimum Gasteiger partial charge on any atom is -0.480 e. The molecule has 4 amide bonds. The Hall–Kier alpha value is -2.34. The summed E-state index contributed by atoms with van der Waals surface area (Å²) in [7, 11) is 0. The normalized spacial score (nSPS) is 18.4. The van der Waals surface area contributed by atoms with Crippen LogP contribution in [0.4, 0.5) is 0 Å². The zero-order valence-electron chi connectivity index (χ0n) is 14.7. The molecule has 27 heavy (non-hydrogen) atoms. The zero-order valence-corrected chi connectivity index (χ0v) is 15.6. The Kier molecular flexibility index (Phi) is 9.02. The van der Waals surface area contributed by atoms with Gasteiger partial charge in [0.2, 0.25) is 23.6 Å². The molecule has 1 heterocycles. The van der Waals surface area contributed by atoms with E-state index in [0.717, 1.165) is 0 Å². The quantitative estimate of drug-likeness (QED) is 0.212. The van der Waals surface area contributed by atoms with Gasteiger partial charge in [0.05, 0.1) is 12.6 Å². The lowest BCUT2D eigenvalue weighted by Crippen LogP contribution is -2.53. The molecular weight excluding hydrogens is 378 g/mol. The van der Waals surface area contributed by atoms with Crippen LogP contribution in [-0.2, 0) is 24.0 Å². The number of carbonyl (C=O) groups excluding carboxylic acids is 4. The molecule has 0 aliphatic carbocycles. The van der Waals surface area contributed by atoms with Crippen LogP contribution in [0.3, 0.4) is 0 Å². The van der Waals surface area contributed by atoms with Crippen molar-refractivity contribution in [1.29, 1.82) is 0 Å². The van der Waals surface area contributed by atoms with Gasteiger partial charge in [0.1, 0.15) is 12.1 Å². The third-order valence-corrected chi connectivity index (χ3v) is 4.51. The second-order valence-electron chi connectivity index (χ2n) is 6.16. The van der Waals surface area contributed by atoms with E-state index in [1.54, 1.807) is 0 Å². The van der Waals surface area contributed by atoms with E-state index in [0.29, 0.717) is 19.4 Å². The Morgan fingerprint density at radius 3 is 2.48 bits per heavy atom. The average molecular weight is 403 g/mol. The Labute approximate surface area is 161 Å². The molecule has 1 aliphatic heterocycles. The summed E-state index contributed by atoms with van der Waals surface area (Å²) in [5.74, 6) is -3.49. The predicted octanol–water partition coefficient (Wildman–Crippen LogP) is -2.81. The fourth-order valence-corrected chi connectivity index (χ4v) is 2.79. The number of carboxylic acid groups (broad SMARTS) is 1. The van der Waals surface area contributed by atoms with Gasteiger partial charge in [-0.25, -0.2) is 4.79 Å². The van der Waals surface area contributed by atoms with Gasteiger partial charge in [0.25, 0.3) is 0 Å². The van der Waals surface area contributed by atoms with Gasteiger partial charge in [0.15, 0.2) is 0 Å². The first-order valence-electron chi connectivity index (χ1n) is 8.42. The summed E-state index contributed by atoms with van der Waals surface area (Å²) in [6.07, 6.45) is 0.591. The molecule has 11 nitrogen and oxygen atoms in total. The van der Waals surface area contributed by atoms with Crippen LogP contribution < -0.4 is 22.1 Å². The number of amides is 4. The van der Waals surface area contributed by atoms with Crippen molar-refractivity contribution >= 4 is 42.2 Å². The van der Waals surface area contributed by atoms with E-state index in [-0.39, 0.29) is 25.1 Å². The van der Waals surface area contributed by atoms with Crippen molar-refractivity contribution in [3.63, 3.8) is 0 Å². The number of nitrogens with zero attached hydrogens (tertiary/aromatic N) is 1. The fourth-order valence-electron chi connectivity index (χ4n) is 2.63. The van der Waals surface area contributed by atoms with Crippen LogP contribution in [0.1, 0.15) is 25.7 Å². The molecule has 3 unspecified atom stereocenters. The molecule has 1 aliphatic rings. The van der Waals surface area contributed by atoms with Crippen LogP contribution >= 0.6 is 12.6 Å². The molecule has 12 heteroatoms. The molecule has 0 bridgehead atoms. The number of hydrogen-bond donors (Lipinski definition) is 6. The van der Waals surface area contributed by atoms with E-state index in [4.69, 9.17) is 16.6 Å². The number of carboxylic acids is 1. The molecule has 0 aromatic heterocycles. The molecule has 3 atom stereocenters. The summed E-state index contributed by atoms with van der Waals surface area (Å²) >= 11 is 3.89. The Balaban J connectivity index is 2.64. The summed E-state index contributed by atoms with van der Waals surface area (Å²) in [6, 6.07) is -2.97. The SMILES string of the molecule is NC(=O)CCC(NC(=O)C1CCCN1C(=O)CNC(=O)C(N)CS)C(=O)O. The molecule has 0 spiro atoms. The van der Waals surface area contributed by atoms with Gasteiger partial charge in [0, 0.05) is 18.7 Å². The molecule has 1 rings (SSSR count). The molecule has 0 saturated carbocycles. The second kappa shape index (κ2) is 10.7. The Morgan fingerprint density at radius 2 is 1.93 bits per heavy atom. The van der Waals surface area contributed by atoms with Crippen molar-refractivity contribution in [2.45, 2.75) is 43.8 Å². The number of hydrogen-bond acceptors (Lipinski definition) is 7. The van der Waals surface area contributed by atoms with Crippen LogP contribution in [0.5, 0.6) is 0 Å². The van der Waals surface area contributed by atoms with Gasteiger partial charge in [-0.3, -0.25) is 19.2 Å². The maximum atomic E-state index is 12.4. The molecule has 0 aromatic carbocycles. The number of rotatable bonds is 10. The van der Waals surface area contributed by atoms with Crippen LogP contribution in [0.25, 0.3) is 0 Å². The maximum Gasteiger partial charge on any atom is 0.326 e. The van der Waals surface area contributed by atoms with E-state index in [2.05, 4.69) is 23.3 Å². The van der Waals surface area contributed by atoms with Crippen LogP contribution in [-0.4, -0.2) is 76.6 Å². The highest BCUT2D eigenvalue weighted by molar-refractivity contribution is 7.80. The van der Waals surface area contributed by atoms with Gasteiger partial charge < -0.3 is 32.1 Å². The van der Waals surface area contributed by atoms with Crippen LogP contribution in [0.2, 0.25) is 0 Å². The third kappa shape index (κ3) is 7.06. The minimum atomic E-state index is -1.30. The number of nitrogens with two attached hydrogens (primary N) is 2. The summed E-state index contributed by atoms with van der Waals surface area (Å²) in [6.45, 7) is -0.0153. The van der Waals surface area contributed by atoms with Crippen molar-refractivity contribution in [3.05, 3.63) is 0 Å². The monoisotopic (exact) mass is 403 g/mol. The highest BCUT2D eigenvalue weighted by Crippen LogP contribution is 2.18. The lowest BCUT2D eigenvalue weighted by Gasteiger charge is -2.25. The van der Waals surface area contributed by atoms with Gasteiger partial charge in [-0.2, -0.15) is 12.6 Å². The van der Waals surface area contributed by atoms with Crippen molar-refractivity contribution in [2.24, 2.45) is 11.5 Å². The van der Waals surface area contributed by atoms with E-state index in [1.807, 2.05) is 0 Å². The highest BCUT2D eigenvalue weighted by atomic mass is 32.1. The van der Waals surface area contributed by atoms with E-state index in [9.17, 15) is 24.0 Å². The van der Waals surface area contributed by atoms with Crippen LogP contribution in [0.15, 0.2) is 0 Å². The number of thiol groups is 1. The van der Waals surface area contributed by atoms with Crippen molar-refractivity contribution in [3.8, 4) is 0 Å². The summed E-state index contributed by atoms with van der Waals surface area (Å²) in [5.41, 5.74) is 10.5. The van der Waals surface area contributed by atoms with E-state index < -0.39 is 47.7 Å². The highest BCUT2D eigenvalue weighted by Gasteiger charge is 2.35. The second-order valence-corrected chi connectivity index (χ2v) is 6.52. The number of likely N-dealkylation sites (tertiary alicyclic amines) is 1. The first-order chi connectivity index (χ1) is 12.7. The minimum absolute atomic E-state index is 0.122. The van der Waals surface area contributed by atoms with Crippen molar-refractivity contribution in [1.82, 2.24) is 15.5 Å². The molecule has 1 fully saturated rings. The predicted molar refractivity (Wildman–Crippen MR) is 97.6 cm³/mol. The summed E-state index contributed by atoms with van der Waals surface area (Å²) < 4.78 is 0. The Bertz CT molecular complexity index is 601. The van der Waals surface area contributed by atoms with E-state index in [1.165, 1.54) is 4.90 Å². The molecule has 1 saturated heterocycles. The van der Waals surface area contributed by atoms with Crippen molar-refractivity contribution < 1.29 is 29.1 Å². The first-order valence-corrected chi connectivity index (χ1v) is 9.05. The number of nitrogens with one attached hydrogen (secondary N) is 2.